The topological polar surface area (TPSA) is 97.3 Å². The largest absolute Gasteiger partial charge is 0.444 e. The molecule has 0 radical (unpaired) electrons. The van der Waals surface area contributed by atoms with Crippen LogP contribution >= 0.6 is 11.3 Å². The van der Waals surface area contributed by atoms with Gasteiger partial charge in [0.05, 0.1) is 0 Å². The molecule has 1 fully saturated rings. The highest BCUT2D eigenvalue weighted by atomic mass is 32.1. The predicted octanol–water partition coefficient (Wildman–Crippen LogP) is 5.49. The van der Waals surface area contributed by atoms with E-state index in [-0.39, 0.29) is 11.8 Å². The number of nitrogens with zero attached hydrogens (tertiary/aromatic N) is 4. The second kappa shape index (κ2) is 9.66. The number of hydrogen-bond donors (Lipinski definition) is 1. The van der Waals surface area contributed by atoms with Gasteiger partial charge in [-0.25, -0.2) is 4.79 Å². The van der Waals surface area contributed by atoms with Gasteiger partial charge in [-0.2, -0.15) is 0 Å². The van der Waals surface area contributed by atoms with Gasteiger partial charge in [0, 0.05) is 35.8 Å². The normalized spacial score (nSPS) is 17.8. The summed E-state index contributed by atoms with van der Waals surface area (Å²) in [6.07, 6.45) is 3.73. The van der Waals surface area contributed by atoms with Gasteiger partial charge < -0.3 is 4.74 Å². The van der Waals surface area contributed by atoms with E-state index >= 15 is 0 Å². The highest BCUT2D eigenvalue weighted by Gasteiger charge is 2.44. The van der Waals surface area contributed by atoms with Gasteiger partial charge in [-0.1, -0.05) is 53.8 Å². The predicted molar refractivity (Wildman–Crippen MR) is 140 cm³/mol. The summed E-state index contributed by atoms with van der Waals surface area (Å²) in [7, 11) is 0. The van der Waals surface area contributed by atoms with Gasteiger partial charge in [-0.3, -0.25) is 20.0 Å². The summed E-state index contributed by atoms with van der Waals surface area (Å²) in [5.41, 5.74) is 1.25. The molecular weight excluding hydrogens is 474 g/mol. The lowest BCUT2D eigenvalue weighted by molar-refractivity contribution is -0.120. The van der Waals surface area contributed by atoms with E-state index in [2.05, 4.69) is 20.5 Å². The molecule has 1 aliphatic rings. The van der Waals surface area contributed by atoms with Crippen molar-refractivity contribution in [2.45, 2.75) is 44.8 Å². The minimum Gasteiger partial charge on any atom is -0.444 e. The minimum atomic E-state index is -0.720. The number of fused-ring (bicyclic) bond motifs is 1. The molecule has 0 spiro atoms. The highest BCUT2D eigenvalue weighted by Crippen LogP contribution is 2.36. The van der Waals surface area contributed by atoms with Crippen molar-refractivity contribution in [3.05, 3.63) is 72.6 Å². The maximum atomic E-state index is 13.6. The maximum Gasteiger partial charge on any atom is 0.410 e. The Morgan fingerprint density at radius 2 is 1.86 bits per heavy atom. The first-order chi connectivity index (χ1) is 17.3. The number of carbonyl (C=O) groups is 2. The number of benzene rings is 2. The molecule has 2 aromatic heterocycles. The van der Waals surface area contributed by atoms with E-state index in [9.17, 15) is 9.59 Å². The second-order valence-corrected chi connectivity index (χ2v) is 10.7. The van der Waals surface area contributed by atoms with E-state index in [0.29, 0.717) is 23.1 Å². The van der Waals surface area contributed by atoms with Crippen LogP contribution in [0.25, 0.3) is 21.3 Å². The highest BCUT2D eigenvalue weighted by molar-refractivity contribution is 7.18. The lowest BCUT2D eigenvalue weighted by atomic mass is 9.91. The van der Waals surface area contributed by atoms with Crippen LogP contribution in [0.4, 0.5) is 9.93 Å². The zero-order valence-electron chi connectivity index (χ0n) is 20.3. The molecule has 0 bridgehead atoms. The Kier molecular flexibility index (Phi) is 6.40. The van der Waals surface area contributed by atoms with E-state index < -0.39 is 17.7 Å². The van der Waals surface area contributed by atoms with Gasteiger partial charge >= 0.3 is 6.09 Å². The molecular formula is C27H27N5O3S. The quantitative estimate of drug-likeness (QED) is 0.397. The minimum absolute atomic E-state index is 0.153. The summed E-state index contributed by atoms with van der Waals surface area (Å²) >= 11 is 1.29. The molecule has 36 heavy (non-hydrogen) atoms. The van der Waals surface area contributed by atoms with Crippen LogP contribution in [0.5, 0.6) is 0 Å². The SMILES string of the molecule is CC(C)(C)OC(=O)N1CC[C@@H](c2ccccc2)[C@H]1C(=O)Nc1nnc(-c2ccc3cnccc3c2)s1. The number of likely N-dealkylation sites (tertiary alicyclic amines) is 1. The fraction of sp³-hybridized carbons (Fsp3) is 0.296. The first-order valence-corrected chi connectivity index (χ1v) is 12.6. The third kappa shape index (κ3) is 5.06. The molecule has 5 rings (SSSR count). The van der Waals surface area contributed by atoms with Crippen LogP contribution in [0, 0.1) is 0 Å². The molecule has 1 saturated heterocycles. The van der Waals surface area contributed by atoms with Gasteiger partial charge in [-0.15, -0.1) is 10.2 Å². The lowest BCUT2D eigenvalue weighted by Crippen LogP contribution is -2.47. The van der Waals surface area contributed by atoms with E-state index in [1.165, 1.54) is 16.2 Å². The summed E-state index contributed by atoms with van der Waals surface area (Å²) in [6.45, 7) is 5.88. The van der Waals surface area contributed by atoms with E-state index in [1.54, 1.807) is 6.20 Å². The molecule has 0 saturated carbocycles. The first kappa shape index (κ1) is 23.9. The van der Waals surface area contributed by atoms with Gasteiger partial charge in [0.25, 0.3) is 0 Å². The molecule has 9 heteroatoms. The third-order valence-corrected chi connectivity index (χ3v) is 6.95. The van der Waals surface area contributed by atoms with Crippen molar-refractivity contribution in [2.75, 3.05) is 11.9 Å². The van der Waals surface area contributed by atoms with Gasteiger partial charge in [0.15, 0.2) is 0 Å². The standard InChI is InChI=1S/C27H27N5O3S/c1-27(2,3)35-26(34)32-14-12-21(17-7-5-4-6-8-17)22(32)23(33)29-25-31-30-24(36-25)19-9-10-20-16-28-13-11-18(20)15-19/h4-11,13,15-16,21-22H,12,14H2,1-3H3,(H,29,31,33)/t21-,22-/m0/s1. The summed E-state index contributed by atoms with van der Waals surface area (Å²) in [5, 5.41) is 14.6. The van der Waals surface area contributed by atoms with Crippen LogP contribution < -0.4 is 5.32 Å². The van der Waals surface area contributed by atoms with Crippen molar-refractivity contribution >= 4 is 39.2 Å². The summed E-state index contributed by atoms with van der Waals surface area (Å²) in [5.74, 6) is -0.459. The Bertz CT molecular complexity index is 1400. The van der Waals surface area contributed by atoms with Crippen molar-refractivity contribution < 1.29 is 14.3 Å². The molecule has 2 aromatic carbocycles. The molecule has 1 aliphatic heterocycles. The van der Waals surface area contributed by atoms with Gasteiger partial charge in [0.1, 0.15) is 16.7 Å². The fourth-order valence-corrected chi connectivity index (χ4v) is 5.22. The molecule has 1 N–H and O–H groups in total. The molecule has 3 heterocycles. The van der Waals surface area contributed by atoms with Crippen molar-refractivity contribution in [1.29, 1.82) is 0 Å². The van der Waals surface area contributed by atoms with Crippen molar-refractivity contribution in [1.82, 2.24) is 20.1 Å². The number of ether oxygens (including phenoxy) is 1. The molecule has 0 aliphatic carbocycles. The van der Waals surface area contributed by atoms with E-state index in [0.717, 1.165) is 21.9 Å². The number of hydrogen-bond acceptors (Lipinski definition) is 7. The van der Waals surface area contributed by atoms with E-state index in [4.69, 9.17) is 4.74 Å². The smallest absolute Gasteiger partial charge is 0.410 e. The Morgan fingerprint density at radius 3 is 2.64 bits per heavy atom. The Hall–Kier alpha value is -3.85. The third-order valence-electron chi connectivity index (χ3n) is 6.06. The molecule has 8 nitrogen and oxygen atoms in total. The monoisotopic (exact) mass is 501 g/mol. The molecule has 184 valence electrons. The Labute approximate surface area is 213 Å². The van der Waals surface area contributed by atoms with E-state index in [1.807, 2.05) is 81.6 Å². The fourth-order valence-electron chi connectivity index (χ4n) is 4.48. The summed E-state index contributed by atoms with van der Waals surface area (Å²) < 4.78 is 5.61. The maximum absolute atomic E-state index is 13.6. The number of anilines is 1. The Balaban J connectivity index is 1.39. The second-order valence-electron chi connectivity index (χ2n) is 9.76. The van der Waals surface area contributed by atoms with Crippen molar-refractivity contribution in [3.8, 4) is 10.6 Å². The number of nitrogens with one attached hydrogen (secondary N) is 1. The number of carbonyl (C=O) groups excluding carboxylic acids is 2. The van der Waals surface area contributed by atoms with Crippen LogP contribution in [0.2, 0.25) is 0 Å². The van der Waals surface area contributed by atoms with Crippen molar-refractivity contribution in [3.63, 3.8) is 0 Å². The Morgan fingerprint density at radius 1 is 1.06 bits per heavy atom. The molecule has 4 aromatic rings. The first-order valence-electron chi connectivity index (χ1n) is 11.8. The van der Waals surface area contributed by atoms with Gasteiger partial charge in [-0.05, 0) is 50.3 Å². The summed E-state index contributed by atoms with van der Waals surface area (Å²) in [4.78, 5) is 32.2. The number of pyridine rings is 1. The number of aromatic nitrogens is 3. The van der Waals surface area contributed by atoms with Crippen LogP contribution in [0.1, 0.15) is 38.7 Å². The van der Waals surface area contributed by atoms with Crippen molar-refractivity contribution in [2.24, 2.45) is 0 Å². The zero-order chi connectivity index (χ0) is 25.3. The zero-order valence-corrected chi connectivity index (χ0v) is 21.2. The summed E-state index contributed by atoms with van der Waals surface area (Å²) in [6, 6.07) is 17.0. The number of rotatable bonds is 4. The molecule has 2 amide bonds. The lowest BCUT2D eigenvalue weighted by Gasteiger charge is -2.29. The molecule has 2 atom stereocenters. The van der Waals surface area contributed by atoms with Crippen LogP contribution in [-0.2, 0) is 9.53 Å². The van der Waals surface area contributed by atoms with Crippen LogP contribution in [-0.4, -0.2) is 50.3 Å². The van der Waals surface area contributed by atoms with Crippen LogP contribution in [0.15, 0.2) is 67.0 Å². The van der Waals surface area contributed by atoms with Crippen LogP contribution in [0.3, 0.4) is 0 Å². The molecule has 0 unspecified atom stereocenters. The van der Waals surface area contributed by atoms with Gasteiger partial charge in [0.2, 0.25) is 11.0 Å². The number of amides is 2. The average Bonchev–Trinajstić information content (AvgIpc) is 3.51. The average molecular weight is 502 g/mol.